The Labute approximate surface area is 95.6 Å². The van der Waals surface area contributed by atoms with Gasteiger partial charge in [0.25, 0.3) is 0 Å². The van der Waals surface area contributed by atoms with Gasteiger partial charge in [-0.05, 0) is 22.8 Å². The quantitative estimate of drug-likeness (QED) is 0.734. The average molecular weight is 213 g/mol. The maximum atomic E-state index is 4.10. The van der Waals surface area contributed by atoms with Crippen molar-refractivity contribution in [2.45, 2.75) is 25.8 Å². The number of nitrogens with zero attached hydrogens (tertiary/aromatic N) is 3. The van der Waals surface area contributed by atoms with Gasteiger partial charge in [0.1, 0.15) is 0 Å². The van der Waals surface area contributed by atoms with Gasteiger partial charge in [-0.15, -0.1) is 5.10 Å². The van der Waals surface area contributed by atoms with E-state index in [9.17, 15) is 0 Å². The number of benzene rings is 1. The summed E-state index contributed by atoms with van der Waals surface area (Å²) in [7, 11) is 0. The molecule has 16 heavy (non-hydrogen) atoms. The molecule has 1 aliphatic heterocycles. The molecule has 1 aromatic carbocycles. The third-order valence-corrected chi connectivity index (χ3v) is 2.76. The van der Waals surface area contributed by atoms with E-state index >= 15 is 0 Å². The highest BCUT2D eigenvalue weighted by Gasteiger charge is 2.14. The van der Waals surface area contributed by atoms with Crippen molar-refractivity contribution < 1.29 is 0 Å². The fourth-order valence-electron chi connectivity index (χ4n) is 1.67. The summed E-state index contributed by atoms with van der Waals surface area (Å²) in [6.07, 6.45) is 3.72. The summed E-state index contributed by atoms with van der Waals surface area (Å²) in [5.74, 6) is 0. The molecule has 0 spiro atoms. The average Bonchev–Trinajstić information content (AvgIpc) is 2.39. The first-order valence-corrected chi connectivity index (χ1v) is 5.53. The first-order chi connectivity index (χ1) is 7.83. The second kappa shape index (κ2) is 4.84. The minimum atomic E-state index is 0.284. The fraction of sp³-hybridized carbons (Fsp3) is 0.308. The molecule has 1 atom stereocenters. The zero-order chi connectivity index (χ0) is 11.4. The van der Waals surface area contributed by atoms with Crippen molar-refractivity contribution in [3.05, 3.63) is 42.0 Å². The zero-order valence-electron chi connectivity index (χ0n) is 9.43. The Balaban J connectivity index is 2.21. The summed E-state index contributed by atoms with van der Waals surface area (Å²) < 4.78 is 0. The molecule has 0 radical (unpaired) electrons. The lowest BCUT2D eigenvalue weighted by Gasteiger charge is -2.13. The van der Waals surface area contributed by atoms with Gasteiger partial charge < -0.3 is 0 Å². The highest BCUT2D eigenvalue weighted by Crippen LogP contribution is 2.17. The van der Waals surface area contributed by atoms with Crippen LogP contribution in [0.1, 0.15) is 30.9 Å². The highest BCUT2D eigenvalue weighted by atomic mass is 15.4. The molecular weight excluding hydrogens is 198 g/mol. The molecule has 1 unspecified atom stereocenters. The summed E-state index contributed by atoms with van der Waals surface area (Å²) in [4.78, 5) is 0. The predicted molar refractivity (Wildman–Crippen MR) is 66.6 cm³/mol. The van der Waals surface area contributed by atoms with Gasteiger partial charge in [-0.2, -0.15) is 5.11 Å². The van der Waals surface area contributed by atoms with Crippen LogP contribution in [0.5, 0.6) is 0 Å². The Morgan fingerprint density at radius 2 is 2.12 bits per heavy atom. The van der Waals surface area contributed by atoms with Gasteiger partial charge in [-0.1, -0.05) is 43.8 Å². The van der Waals surface area contributed by atoms with Crippen LogP contribution in [0, 0.1) is 0 Å². The largest absolute Gasteiger partial charge is 0.165 e. The van der Waals surface area contributed by atoms with E-state index < -0.39 is 0 Å². The van der Waals surface area contributed by atoms with Crippen LogP contribution in [0.2, 0.25) is 0 Å². The van der Waals surface area contributed by atoms with Crippen molar-refractivity contribution in [3.63, 3.8) is 0 Å². The van der Waals surface area contributed by atoms with Gasteiger partial charge in [-0.25, -0.2) is 0 Å². The van der Waals surface area contributed by atoms with Crippen LogP contribution in [0.3, 0.4) is 0 Å². The molecule has 0 saturated heterocycles. The van der Waals surface area contributed by atoms with Gasteiger partial charge in [-0.3, -0.25) is 0 Å². The van der Waals surface area contributed by atoms with Gasteiger partial charge in [0, 0.05) is 6.42 Å². The molecule has 1 heterocycles. The van der Waals surface area contributed by atoms with Crippen LogP contribution < -0.4 is 0 Å². The minimum Gasteiger partial charge on any atom is -0.165 e. The Morgan fingerprint density at radius 1 is 1.38 bits per heavy atom. The molecule has 0 amide bonds. The van der Waals surface area contributed by atoms with Crippen LogP contribution >= 0.6 is 0 Å². The third kappa shape index (κ3) is 2.24. The Hall–Kier alpha value is -1.77. The summed E-state index contributed by atoms with van der Waals surface area (Å²) in [5, 5.41) is 12.0. The molecule has 1 aromatic rings. The maximum absolute atomic E-state index is 4.10. The molecule has 82 valence electrons. The summed E-state index contributed by atoms with van der Waals surface area (Å²) in [6, 6.07) is 8.48. The van der Waals surface area contributed by atoms with Crippen LogP contribution in [-0.4, -0.2) is 11.8 Å². The molecule has 0 saturated carbocycles. The third-order valence-electron chi connectivity index (χ3n) is 2.76. The van der Waals surface area contributed by atoms with Crippen molar-refractivity contribution in [1.82, 2.24) is 0 Å². The lowest BCUT2D eigenvalue weighted by atomic mass is 10.0. The molecule has 3 heteroatoms. The second-order valence-corrected chi connectivity index (χ2v) is 3.84. The molecule has 1 aliphatic rings. The van der Waals surface area contributed by atoms with Gasteiger partial charge in [0.2, 0.25) is 0 Å². The van der Waals surface area contributed by atoms with Crippen molar-refractivity contribution in [3.8, 4) is 0 Å². The van der Waals surface area contributed by atoms with Crippen LogP contribution in [-0.2, 0) is 0 Å². The van der Waals surface area contributed by atoms with Crippen molar-refractivity contribution in [1.29, 1.82) is 0 Å². The van der Waals surface area contributed by atoms with E-state index in [4.69, 9.17) is 0 Å². The van der Waals surface area contributed by atoms with Gasteiger partial charge in [0.05, 0.1) is 11.8 Å². The second-order valence-electron chi connectivity index (χ2n) is 3.84. The first kappa shape index (κ1) is 10.7. The Kier molecular flexibility index (Phi) is 3.25. The van der Waals surface area contributed by atoms with Gasteiger partial charge >= 0.3 is 0 Å². The summed E-state index contributed by atoms with van der Waals surface area (Å²) >= 11 is 0. The lowest BCUT2D eigenvalue weighted by Crippen LogP contribution is -2.14. The van der Waals surface area contributed by atoms with Crippen LogP contribution in [0.15, 0.2) is 46.3 Å². The minimum absolute atomic E-state index is 0.284. The smallest absolute Gasteiger partial charge is 0.0784 e. The molecule has 0 aliphatic carbocycles. The number of rotatable bonds is 3. The SMILES string of the molecule is C=Cc1ccc(C2=NN=NC(CC)C2)cc1. The first-order valence-electron chi connectivity index (χ1n) is 5.53. The standard InChI is InChI=1S/C13H15N3/c1-3-10-5-7-11(8-6-10)13-9-12(4-2)14-16-15-13/h3,5-8,12H,1,4,9H2,2H3. The summed E-state index contributed by atoms with van der Waals surface area (Å²) in [5.41, 5.74) is 3.27. The maximum Gasteiger partial charge on any atom is 0.0784 e. The van der Waals surface area contributed by atoms with E-state index in [0.29, 0.717) is 0 Å². The van der Waals surface area contributed by atoms with E-state index in [1.54, 1.807) is 0 Å². The zero-order valence-corrected chi connectivity index (χ0v) is 9.43. The van der Waals surface area contributed by atoms with Crippen molar-refractivity contribution in [2.24, 2.45) is 15.4 Å². The van der Waals surface area contributed by atoms with Crippen molar-refractivity contribution in [2.75, 3.05) is 0 Å². The molecule has 2 rings (SSSR count). The number of hydrogen-bond acceptors (Lipinski definition) is 3. The van der Waals surface area contributed by atoms with Crippen molar-refractivity contribution >= 4 is 11.8 Å². The molecular formula is C13H15N3. The lowest BCUT2D eigenvalue weighted by molar-refractivity contribution is 0.612. The van der Waals surface area contributed by atoms with E-state index in [1.165, 1.54) is 0 Å². The van der Waals surface area contributed by atoms with Gasteiger partial charge in [0.15, 0.2) is 0 Å². The highest BCUT2D eigenvalue weighted by molar-refractivity contribution is 6.01. The van der Waals surface area contributed by atoms with E-state index in [0.717, 1.165) is 29.7 Å². The van der Waals surface area contributed by atoms with E-state index in [-0.39, 0.29) is 6.04 Å². The Morgan fingerprint density at radius 3 is 2.75 bits per heavy atom. The molecule has 0 fully saturated rings. The molecule has 3 nitrogen and oxygen atoms in total. The van der Waals surface area contributed by atoms with Crippen LogP contribution in [0.4, 0.5) is 0 Å². The normalized spacial score (nSPS) is 19.3. The summed E-state index contributed by atoms with van der Waals surface area (Å²) in [6.45, 7) is 5.85. The number of hydrogen-bond donors (Lipinski definition) is 0. The topological polar surface area (TPSA) is 37.1 Å². The monoisotopic (exact) mass is 213 g/mol. The molecule has 0 N–H and O–H groups in total. The van der Waals surface area contributed by atoms with E-state index in [2.05, 4.69) is 41.1 Å². The fourth-order valence-corrected chi connectivity index (χ4v) is 1.67. The van der Waals surface area contributed by atoms with Crippen LogP contribution in [0.25, 0.3) is 6.08 Å². The molecule has 0 aromatic heterocycles. The van der Waals surface area contributed by atoms with E-state index in [1.807, 2.05) is 18.2 Å². The predicted octanol–water partition coefficient (Wildman–Crippen LogP) is 3.67. The molecule has 0 bridgehead atoms. The Bertz CT molecular complexity index is 429.